The van der Waals surface area contributed by atoms with Crippen molar-refractivity contribution in [2.24, 2.45) is 0 Å². The molecule has 5 heteroatoms. The van der Waals surface area contributed by atoms with Crippen molar-refractivity contribution in [1.29, 1.82) is 0 Å². The predicted molar refractivity (Wildman–Crippen MR) is 50.3 cm³/mol. The third-order valence-corrected chi connectivity index (χ3v) is 1.77. The van der Waals surface area contributed by atoms with Crippen molar-refractivity contribution < 1.29 is 9.53 Å². The Morgan fingerprint density at radius 3 is 2.86 bits per heavy atom. The Bertz CT molecular complexity index is 384. The lowest BCUT2D eigenvalue weighted by molar-refractivity contribution is -0.119. The molecule has 1 rings (SSSR count). The largest absolute Gasteiger partial charge is 0.480 e. The van der Waals surface area contributed by atoms with Crippen molar-refractivity contribution in [2.45, 2.75) is 19.9 Å². The first-order chi connectivity index (χ1) is 6.67. The summed E-state index contributed by atoms with van der Waals surface area (Å²) in [6.07, 6.45) is 0.394. The number of nitrogens with zero attached hydrogens (tertiary/aromatic N) is 2. The Labute approximate surface area is 81.3 Å². The summed E-state index contributed by atoms with van der Waals surface area (Å²) >= 11 is 0. The van der Waals surface area contributed by atoms with E-state index >= 15 is 0 Å². The molecule has 1 heterocycles. The second kappa shape index (κ2) is 4.55. The summed E-state index contributed by atoms with van der Waals surface area (Å²) in [5, 5.41) is 3.84. The molecule has 0 bridgehead atoms. The van der Waals surface area contributed by atoms with Gasteiger partial charge in [-0.3, -0.25) is 9.59 Å². The maximum Gasteiger partial charge on any atom is 0.267 e. The van der Waals surface area contributed by atoms with E-state index in [4.69, 9.17) is 4.74 Å². The zero-order valence-electron chi connectivity index (χ0n) is 8.19. The molecule has 0 aliphatic carbocycles. The number of hydrogen-bond acceptors (Lipinski definition) is 4. The minimum Gasteiger partial charge on any atom is -0.480 e. The van der Waals surface area contributed by atoms with E-state index in [1.807, 2.05) is 0 Å². The normalized spacial score (nSPS) is 9.86. The molecule has 0 spiro atoms. The van der Waals surface area contributed by atoms with Crippen LogP contribution in [0.4, 0.5) is 0 Å². The first-order valence-electron chi connectivity index (χ1n) is 4.31. The summed E-state index contributed by atoms with van der Waals surface area (Å²) in [7, 11) is 1.46. The summed E-state index contributed by atoms with van der Waals surface area (Å²) in [4.78, 5) is 22.3. The number of rotatable bonds is 4. The summed E-state index contributed by atoms with van der Waals surface area (Å²) in [5.41, 5.74) is -0.299. The fourth-order valence-electron chi connectivity index (χ4n) is 0.931. The number of ketones is 1. The van der Waals surface area contributed by atoms with Crippen molar-refractivity contribution in [3.63, 3.8) is 0 Å². The number of hydrogen-bond donors (Lipinski definition) is 0. The molecule has 0 aliphatic rings. The van der Waals surface area contributed by atoms with Gasteiger partial charge in [-0.05, 0) is 0 Å². The molecule has 1 aromatic heterocycles. The Kier molecular flexibility index (Phi) is 3.39. The summed E-state index contributed by atoms with van der Waals surface area (Å²) in [6.45, 7) is 1.75. The summed E-state index contributed by atoms with van der Waals surface area (Å²) in [5.74, 6) is 0.293. The van der Waals surface area contributed by atoms with Gasteiger partial charge in [-0.25, -0.2) is 4.68 Å². The van der Waals surface area contributed by atoms with Gasteiger partial charge in [0.1, 0.15) is 6.54 Å². The molecule has 1 aromatic rings. The lowest BCUT2D eigenvalue weighted by Crippen LogP contribution is -2.25. The van der Waals surface area contributed by atoms with Gasteiger partial charge in [0.2, 0.25) is 5.88 Å². The minimum atomic E-state index is -0.299. The lowest BCUT2D eigenvalue weighted by atomic mass is 10.3. The second-order valence-electron chi connectivity index (χ2n) is 2.76. The van der Waals surface area contributed by atoms with Crippen molar-refractivity contribution in [2.75, 3.05) is 7.11 Å². The van der Waals surface area contributed by atoms with E-state index in [0.29, 0.717) is 12.3 Å². The molecule has 0 unspecified atom stereocenters. The lowest BCUT2D eigenvalue weighted by Gasteiger charge is -2.03. The van der Waals surface area contributed by atoms with Crippen LogP contribution >= 0.6 is 0 Å². The van der Waals surface area contributed by atoms with Crippen molar-refractivity contribution in [1.82, 2.24) is 9.78 Å². The number of aromatic nitrogens is 2. The molecule has 0 atom stereocenters. The highest BCUT2D eigenvalue weighted by atomic mass is 16.5. The molecule has 0 saturated heterocycles. The monoisotopic (exact) mass is 196 g/mol. The highest BCUT2D eigenvalue weighted by Gasteiger charge is 2.04. The maximum atomic E-state index is 11.2. The van der Waals surface area contributed by atoms with Gasteiger partial charge in [0.15, 0.2) is 5.78 Å². The molecule has 0 aliphatic heterocycles. The van der Waals surface area contributed by atoms with E-state index in [9.17, 15) is 9.59 Å². The smallest absolute Gasteiger partial charge is 0.267 e. The number of Topliss-reactive ketones (excluding diaryl/α,β-unsaturated/α-hetero) is 1. The van der Waals surface area contributed by atoms with Gasteiger partial charge < -0.3 is 4.74 Å². The predicted octanol–water partition coefficient (Wildman–Crippen LogP) is 0.231. The van der Waals surface area contributed by atoms with Crippen LogP contribution in [0.15, 0.2) is 16.9 Å². The van der Waals surface area contributed by atoms with Gasteiger partial charge in [0.05, 0.1) is 7.11 Å². The van der Waals surface area contributed by atoms with Crippen LogP contribution in [0.3, 0.4) is 0 Å². The Balaban J connectivity index is 2.95. The highest BCUT2D eigenvalue weighted by molar-refractivity contribution is 5.77. The molecule has 0 radical (unpaired) electrons. The molecule has 0 aromatic carbocycles. The van der Waals surface area contributed by atoms with Crippen molar-refractivity contribution >= 4 is 5.78 Å². The maximum absolute atomic E-state index is 11.2. The zero-order chi connectivity index (χ0) is 10.6. The van der Waals surface area contributed by atoms with Crippen LogP contribution < -0.4 is 10.3 Å². The van der Waals surface area contributed by atoms with Crippen LogP contribution in [-0.2, 0) is 11.3 Å². The highest BCUT2D eigenvalue weighted by Crippen LogP contribution is 1.99. The Hall–Kier alpha value is -1.65. The average Bonchev–Trinajstić information content (AvgIpc) is 2.21. The molecule has 0 fully saturated rings. The standard InChI is InChI=1S/C9H12N2O3/c1-3-7(12)6-11-9(13)5-4-8(10-11)14-2/h4-5H,3,6H2,1-2H3. The van der Waals surface area contributed by atoms with Crippen molar-refractivity contribution in [3.8, 4) is 5.88 Å². The molecular weight excluding hydrogens is 184 g/mol. The number of carbonyl (C=O) groups is 1. The van der Waals surface area contributed by atoms with Gasteiger partial charge in [0.25, 0.3) is 5.56 Å². The van der Waals surface area contributed by atoms with E-state index in [0.717, 1.165) is 4.68 Å². The number of ether oxygens (including phenoxy) is 1. The second-order valence-corrected chi connectivity index (χ2v) is 2.76. The van der Waals surface area contributed by atoms with Crippen LogP contribution in [-0.4, -0.2) is 22.7 Å². The first kappa shape index (κ1) is 10.4. The van der Waals surface area contributed by atoms with Gasteiger partial charge in [0, 0.05) is 18.6 Å². The molecule has 0 N–H and O–H groups in total. The number of methoxy groups -OCH3 is 1. The summed E-state index contributed by atoms with van der Waals surface area (Å²) in [6, 6.07) is 2.80. The summed E-state index contributed by atoms with van der Waals surface area (Å²) < 4.78 is 5.94. The fourth-order valence-corrected chi connectivity index (χ4v) is 0.931. The van der Waals surface area contributed by atoms with Gasteiger partial charge in [-0.15, -0.1) is 5.10 Å². The topological polar surface area (TPSA) is 61.2 Å². The van der Waals surface area contributed by atoms with Crippen LogP contribution in [0.25, 0.3) is 0 Å². The average molecular weight is 196 g/mol. The van der Waals surface area contributed by atoms with E-state index < -0.39 is 0 Å². The van der Waals surface area contributed by atoms with Crippen LogP contribution in [0.5, 0.6) is 5.88 Å². The quantitative estimate of drug-likeness (QED) is 0.691. The Morgan fingerprint density at radius 2 is 2.29 bits per heavy atom. The van der Waals surface area contributed by atoms with Gasteiger partial charge in [-0.1, -0.05) is 6.92 Å². The SMILES string of the molecule is CCC(=O)Cn1nc(OC)ccc1=O. The molecule has 5 nitrogen and oxygen atoms in total. The van der Waals surface area contributed by atoms with E-state index in [2.05, 4.69) is 5.10 Å². The number of carbonyl (C=O) groups excluding carboxylic acids is 1. The molecule has 76 valence electrons. The van der Waals surface area contributed by atoms with Gasteiger partial charge in [-0.2, -0.15) is 0 Å². The molecule has 0 saturated carbocycles. The van der Waals surface area contributed by atoms with Crippen LogP contribution in [0.2, 0.25) is 0 Å². The van der Waals surface area contributed by atoms with E-state index in [1.165, 1.54) is 19.2 Å². The van der Waals surface area contributed by atoms with Gasteiger partial charge >= 0.3 is 0 Å². The third-order valence-electron chi connectivity index (χ3n) is 1.77. The van der Waals surface area contributed by atoms with Crippen molar-refractivity contribution in [3.05, 3.63) is 22.5 Å². The zero-order valence-corrected chi connectivity index (χ0v) is 8.19. The van der Waals surface area contributed by atoms with E-state index in [-0.39, 0.29) is 17.9 Å². The van der Waals surface area contributed by atoms with E-state index in [1.54, 1.807) is 6.92 Å². The molecule has 0 amide bonds. The molecular formula is C9H12N2O3. The first-order valence-corrected chi connectivity index (χ1v) is 4.31. The minimum absolute atomic E-state index is 0.00648. The van der Waals surface area contributed by atoms with Crippen LogP contribution in [0.1, 0.15) is 13.3 Å². The molecule has 14 heavy (non-hydrogen) atoms. The van der Waals surface area contributed by atoms with Crippen LogP contribution in [0, 0.1) is 0 Å². The Morgan fingerprint density at radius 1 is 1.57 bits per heavy atom. The fraction of sp³-hybridized carbons (Fsp3) is 0.444. The third kappa shape index (κ3) is 2.42.